The highest BCUT2D eigenvalue weighted by Gasteiger charge is 2.41. The first kappa shape index (κ1) is 23.1. The molecule has 0 aromatic rings. The van der Waals surface area contributed by atoms with E-state index in [1.54, 1.807) is 0 Å². The van der Waals surface area contributed by atoms with E-state index in [1.165, 1.54) is 24.8 Å². The molecule has 0 bridgehead atoms. The summed E-state index contributed by atoms with van der Waals surface area (Å²) in [5, 5.41) is 0. The zero-order valence-electron chi connectivity index (χ0n) is 17.3. The maximum absolute atomic E-state index is 5.33. The first-order valence-electron chi connectivity index (χ1n) is 9.98. The maximum atomic E-state index is 5.33. The normalized spacial score (nSPS) is 12.5. The van der Waals surface area contributed by atoms with Crippen LogP contribution in [0.15, 0.2) is 11.6 Å². The van der Waals surface area contributed by atoms with E-state index >= 15 is 0 Å². The van der Waals surface area contributed by atoms with Gasteiger partial charge in [-0.1, -0.05) is 66.9 Å². The summed E-state index contributed by atoms with van der Waals surface area (Å²) in [5.74, 6) is 6.39. The Kier molecular flexibility index (Phi) is 12.0. The minimum absolute atomic E-state index is 0.702. The largest absolute Gasteiger partial charge is 0.146 e. The molecule has 136 valence electrons. The monoisotopic (exact) mass is 344 g/mol. The van der Waals surface area contributed by atoms with Gasteiger partial charge < -0.3 is 0 Å². The van der Waals surface area contributed by atoms with E-state index in [2.05, 4.69) is 71.9 Å². The summed E-state index contributed by atoms with van der Waals surface area (Å²) >= 11 is 0. The summed E-state index contributed by atoms with van der Waals surface area (Å²) in [7, 11) is -1.62. The van der Waals surface area contributed by atoms with Crippen LogP contribution in [0.2, 0.25) is 16.6 Å². The molecule has 0 aliphatic heterocycles. The molecule has 0 aromatic carbocycles. The fourth-order valence-electron chi connectivity index (χ4n) is 3.85. The van der Waals surface area contributed by atoms with Crippen molar-refractivity contribution in [2.45, 2.75) is 110 Å². The van der Waals surface area contributed by atoms with Crippen LogP contribution < -0.4 is 0 Å². The Bertz CT molecular complexity index is 441. The molecule has 0 unspecified atom stereocenters. The van der Waals surface area contributed by atoms with Crippen LogP contribution in [-0.2, 0) is 0 Å². The van der Waals surface area contributed by atoms with Crippen molar-refractivity contribution in [2.75, 3.05) is 0 Å². The molecule has 24 heavy (non-hydrogen) atoms. The first-order valence-corrected chi connectivity index (χ1v) is 12.2. The standard InChI is InChI=1S/C23H40Si/c1-9-11-13-14-15-17-23(16-12-10-2)18-19-24(20(3)4,21(5)6)22(7)8/h1,17,20-22H,10-16H2,2-8H3/b23-17+. The molecule has 0 atom stereocenters. The van der Waals surface area contributed by atoms with Gasteiger partial charge in [0.25, 0.3) is 0 Å². The number of rotatable bonds is 10. The predicted octanol–water partition coefficient (Wildman–Crippen LogP) is 7.52. The summed E-state index contributed by atoms with van der Waals surface area (Å²) in [4.78, 5) is 0. The van der Waals surface area contributed by atoms with Crippen molar-refractivity contribution in [3.05, 3.63) is 11.6 Å². The zero-order chi connectivity index (χ0) is 18.6. The van der Waals surface area contributed by atoms with E-state index < -0.39 is 8.07 Å². The molecule has 0 aromatic heterocycles. The van der Waals surface area contributed by atoms with Gasteiger partial charge in [0.1, 0.15) is 8.07 Å². The molecule has 0 fully saturated rings. The number of allylic oxidation sites excluding steroid dienone is 2. The van der Waals surface area contributed by atoms with Crippen molar-refractivity contribution in [2.24, 2.45) is 0 Å². The van der Waals surface area contributed by atoms with E-state index in [4.69, 9.17) is 6.42 Å². The van der Waals surface area contributed by atoms with Crippen LogP contribution in [0, 0.1) is 23.8 Å². The van der Waals surface area contributed by atoms with Crippen molar-refractivity contribution < 1.29 is 0 Å². The minimum Gasteiger partial charge on any atom is -0.125 e. The van der Waals surface area contributed by atoms with Gasteiger partial charge in [0.05, 0.1) is 0 Å². The number of hydrogen-bond donors (Lipinski definition) is 0. The van der Waals surface area contributed by atoms with Gasteiger partial charge in [0, 0.05) is 6.42 Å². The van der Waals surface area contributed by atoms with Crippen LogP contribution in [0.4, 0.5) is 0 Å². The zero-order valence-corrected chi connectivity index (χ0v) is 18.3. The molecule has 0 radical (unpaired) electrons. The van der Waals surface area contributed by atoms with Gasteiger partial charge in [-0.25, -0.2) is 0 Å². The van der Waals surface area contributed by atoms with Gasteiger partial charge in [-0.05, 0) is 54.3 Å². The quantitative estimate of drug-likeness (QED) is 0.218. The highest BCUT2D eigenvalue weighted by Crippen LogP contribution is 2.40. The third kappa shape index (κ3) is 7.32. The number of hydrogen-bond acceptors (Lipinski definition) is 0. The van der Waals surface area contributed by atoms with Gasteiger partial charge in [-0.15, -0.1) is 17.9 Å². The third-order valence-electron chi connectivity index (χ3n) is 5.27. The predicted molar refractivity (Wildman–Crippen MR) is 114 cm³/mol. The molecule has 1 heteroatoms. The number of unbranched alkanes of at least 4 members (excludes halogenated alkanes) is 4. The summed E-state index contributed by atoms with van der Waals surface area (Å²) in [5.41, 5.74) is 7.36. The molecule has 0 aliphatic carbocycles. The smallest absolute Gasteiger partial charge is 0.125 e. The molecule has 0 N–H and O–H groups in total. The van der Waals surface area contributed by atoms with E-state index in [-0.39, 0.29) is 0 Å². The molecular weight excluding hydrogens is 304 g/mol. The molecule has 0 spiro atoms. The lowest BCUT2D eigenvalue weighted by Crippen LogP contribution is -2.43. The maximum Gasteiger partial charge on any atom is 0.146 e. The summed E-state index contributed by atoms with van der Waals surface area (Å²) in [6.45, 7) is 16.6. The molecular formula is C23H40Si. The Morgan fingerprint density at radius 2 is 1.54 bits per heavy atom. The topological polar surface area (TPSA) is 0 Å². The molecule has 0 aliphatic rings. The first-order chi connectivity index (χ1) is 11.3. The summed E-state index contributed by atoms with van der Waals surface area (Å²) < 4.78 is 0. The molecule has 0 rings (SSSR count). The van der Waals surface area contributed by atoms with Crippen LogP contribution in [0.5, 0.6) is 0 Å². The van der Waals surface area contributed by atoms with E-state index in [0.717, 1.165) is 25.7 Å². The molecule has 0 saturated carbocycles. The Morgan fingerprint density at radius 1 is 0.958 bits per heavy atom. The average Bonchev–Trinajstić information content (AvgIpc) is 2.50. The molecule has 0 heterocycles. The van der Waals surface area contributed by atoms with E-state index in [9.17, 15) is 0 Å². The van der Waals surface area contributed by atoms with Crippen molar-refractivity contribution in [1.82, 2.24) is 0 Å². The number of terminal acetylenes is 1. The lowest BCUT2D eigenvalue weighted by molar-refractivity contribution is 0.759. The Hall–Kier alpha value is -0.923. The van der Waals surface area contributed by atoms with Crippen LogP contribution in [0.3, 0.4) is 0 Å². The minimum atomic E-state index is -1.62. The highest BCUT2D eigenvalue weighted by atomic mass is 28.3. The van der Waals surface area contributed by atoms with E-state index in [0.29, 0.717) is 16.6 Å². The second kappa shape index (κ2) is 12.4. The fraction of sp³-hybridized carbons (Fsp3) is 0.739. The Labute approximate surface area is 153 Å². The van der Waals surface area contributed by atoms with Crippen molar-refractivity contribution in [3.8, 4) is 23.8 Å². The van der Waals surface area contributed by atoms with Crippen molar-refractivity contribution >= 4 is 8.07 Å². The van der Waals surface area contributed by atoms with Crippen molar-refractivity contribution in [1.29, 1.82) is 0 Å². The summed E-state index contributed by atoms with van der Waals surface area (Å²) in [6.07, 6.45) is 15.7. The third-order valence-corrected chi connectivity index (χ3v) is 11.6. The van der Waals surface area contributed by atoms with Gasteiger partial charge >= 0.3 is 0 Å². The lowest BCUT2D eigenvalue weighted by atomic mass is 10.1. The van der Waals surface area contributed by atoms with Crippen LogP contribution in [0.25, 0.3) is 0 Å². The van der Waals surface area contributed by atoms with Crippen LogP contribution in [-0.4, -0.2) is 8.07 Å². The molecule has 0 nitrogen and oxygen atoms in total. The van der Waals surface area contributed by atoms with Crippen LogP contribution in [0.1, 0.15) is 93.4 Å². The van der Waals surface area contributed by atoms with Gasteiger partial charge in [-0.2, -0.15) is 0 Å². The Balaban J connectivity index is 5.33. The summed E-state index contributed by atoms with van der Waals surface area (Å²) in [6, 6.07) is 0. The van der Waals surface area contributed by atoms with Crippen molar-refractivity contribution in [3.63, 3.8) is 0 Å². The highest BCUT2D eigenvalue weighted by molar-refractivity contribution is 6.90. The lowest BCUT2D eigenvalue weighted by Gasteiger charge is -2.38. The van der Waals surface area contributed by atoms with Crippen LogP contribution >= 0.6 is 0 Å². The fourth-order valence-corrected chi connectivity index (χ4v) is 9.10. The molecule has 0 amide bonds. The van der Waals surface area contributed by atoms with Gasteiger partial charge in [0.2, 0.25) is 0 Å². The SMILES string of the molecule is C#CCCCC/C=C(/C#C[Si](C(C)C)(C(C)C)C(C)C)CCCC. The second-order valence-corrected chi connectivity index (χ2v) is 13.5. The average molecular weight is 345 g/mol. The second-order valence-electron chi connectivity index (χ2n) is 7.93. The van der Waals surface area contributed by atoms with Gasteiger partial charge in [0.15, 0.2) is 0 Å². The van der Waals surface area contributed by atoms with Gasteiger partial charge in [-0.3, -0.25) is 0 Å². The molecule has 0 saturated heterocycles. The van der Waals surface area contributed by atoms with E-state index in [1.807, 2.05) is 0 Å². The Morgan fingerprint density at radius 3 is 2.00 bits per heavy atom.